The van der Waals surface area contributed by atoms with Gasteiger partial charge in [-0.05, 0) is 41.5 Å². The molecule has 1 aliphatic rings. The Kier molecular flexibility index (Phi) is 5.71. The van der Waals surface area contributed by atoms with Crippen LogP contribution in [0.4, 0.5) is 0 Å². The average molecular weight is 404 g/mol. The van der Waals surface area contributed by atoms with Crippen LogP contribution in [0.2, 0.25) is 0 Å². The maximum Gasteiger partial charge on any atom is 0.203 e. The standard InChI is InChI=1S/C22H28O7/c1-10-7-12-8-14(26-3)21(28-5)19(24)16(12)17-13(18(23)11(10)2)9-15(27-4)22(29-6)20(17)25/h8-11,18,23-25H,7H2,1-6H3. The van der Waals surface area contributed by atoms with Crippen LogP contribution in [0.3, 0.4) is 0 Å². The number of phenols is 2. The summed E-state index contributed by atoms with van der Waals surface area (Å²) >= 11 is 0. The van der Waals surface area contributed by atoms with Crippen molar-refractivity contribution in [3.8, 4) is 45.6 Å². The summed E-state index contributed by atoms with van der Waals surface area (Å²) in [5.74, 6) is 0.559. The Bertz CT molecular complexity index is 922. The van der Waals surface area contributed by atoms with Gasteiger partial charge in [0.2, 0.25) is 11.5 Å². The quantitative estimate of drug-likeness (QED) is 0.715. The molecule has 0 fully saturated rings. The molecule has 3 atom stereocenters. The lowest BCUT2D eigenvalue weighted by molar-refractivity contribution is 0.0862. The SMILES string of the molecule is COc1cc2c(c(O)c1OC)-c1c(cc(OC)c(OC)c1O)C(O)C(C)C(C)C2. The molecule has 2 aromatic rings. The summed E-state index contributed by atoms with van der Waals surface area (Å²) in [4.78, 5) is 0. The van der Waals surface area contributed by atoms with Crippen molar-refractivity contribution in [2.75, 3.05) is 28.4 Å². The summed E-state index contributed by atoms with van der Waals surface area (Å²) in [6.07, 6.45) is -0.319. The highest BCUT2D eigenvalue weighted by Gasteiger charge is 2.35. The highest BCUT2D eigenvalue weighted by Crippen LogP contribution is 2.56. The second kappa shape index (κ2) is 7.91. The molecule has 1 aliphatic carbocycles. The first-order valence-corrected chi connectivity index (χ1v) is 9.43. The van der Waals surface area contributed by atoms with Crippen LogP contribution in [0, 0.1) is 11.8 Å². The molecule has 0 saturated carbocycles. The zero-order chi connectivity index (χ0) is 21.5. The second-order valence-corrected chi connectivity index (χ2v) is 7.41. The number of aromatic hydroxyl groups is 2. The third-order valence-corrected chi connectivity index (χ3v) is 5.91. The first kappa shape index (κ1) is 20.9. The van der Waals surface area contributed by atoms with E-state index in [1.807, 2.05) is 13.8 Å². The Hall–Kier alpha value is -2.80. The van der Waals surface area contributed by atoms with E-state index in [1.165, 1.54) is 28.4 Å². The van der Waals surface area contributed by atoms with E-state index < -0.39 is 6.10 Å². The smallest absolute Gasteiger partial charge is 0.203 e. The normalized spacial score (nSPS) is 20.7. The number of methoxy groups -OCH3 is 4. The molecule has 0 spiro atoms. The van der Waals surface area contributed by atoms with Crippen LogP contribution in [0.1, 0.15) is 31.1 Å². The summed E-state index contributed by atoms with van der Waals surface area (Å²) in [6.45, 7) is 4.00. The molecule has 0 aliphatic heterocycles. The Morgan fingerprint density at radius 3 is 1.83 bits per heavy atom. The Labute approximate surface area is 170 Å². The molecule has 0 radical (unpaired) electrons. The van der Waals surface area contributed by atoms with Gasteiger partial charge in [0.05, 0.1) is 34.5 Å². The van der Waals surface area contributed by atoms with Gasteiger partial charge in [-0.2, -0.15) is 0 Å². The number of ether oxygens (including phenoxy) is 4. The fraction of sp³-hybridized carbons (Fsp3) is 0.455. The van der Waals surface area contributed by atoms with Gasteiger partial charge in [0.1, 0.15) is 0 Å². The molecule has 7 heteroatoms. The first-order chi connectivity index (χ1) is 13.8. The zero-order valence-electron chi connectivity index (χ0n) is 17.6. The number of hydrogen-bond acceptors (Lipinski definition) is 7. The van der Waals surface area contributed by atoms with E-state index in [4.69, 9.17) is 18.9 Å². The van der Waals surface area contributed by atoms with Crippen LogP contribution in [-0.4, -0.2) is 43.8 Å². The predicted molar refractivity (Wildman–Crippen MR) is 108 cm³/mol. The lowest BCUT2D eigenvalue weighted by Gasteiger charge is -2.32. The summed E-state index contributed by atoms with van der Waals surface area (Å²) in [7, 11) is 5.82. The van der Waals surface area contributed by atoms with Gasteiger partial charge in [0.25, 0.3) is 0 Å². The van der Waals surface area contributed by atoms with Gasteiger partial charge >= 0.3 is 0 Å². The number of hydrogen-bond donors (Lipinski definition) is 3. The maximum absolute atomic E-state index is 11.1. The average Bonchev–Trinajstić information content (AvgIpc) is 2.71. The van der Waals surface area contributed by atoms with Crippen molar-refractivity contribution in [3.05, 3.63) is 23.3 Å². The lowest BCUT2D eigenvalue weighted by Crippen LogP contribution is -2.22. The van der Waals surface area contributed by atoms with Crippen LogP contribution >= 0.6 is 0 Å². The minimum absolute atomic E-state index is 0.0876. The largest absolute Gasteiger partial charge is 0.504 e. The van der Waals surface area contributed by atoms with Crippen molar-refractivity contribution in [1.82, 2.24) is 0 Å². The van der Waals surface area contributed by atoms with Gasteiger partial charge in [0.15, 0.2) is 23.0 Å². The summed E-state index contributed by atoms with van der Waals surface area (Å²) in [6, 6.07) is 3.45. The fourth-order valence-corrected chi connectivity index (χ4v) is 4.09. The lowest BCUT2D eigenvalue weighted by atomic mass is 9.76. The van der Waals surface area contributed by atoms with E-state index >= 15 is 0 Å². The fourth-order valence-electron chi connectivity index (χ4n) is 4.09. The van der Waals surface area contributed by atoms with Crippen LogP contribution in [-0.2, 0) is 6.42 Å². The van der Waals surface area contributed by atoms with Crippen LogP contribution < -0.4 is 18.9 Å². The molecule has 158 valence electrons. The van der Waals surface area contributed by atoms with Crippen molar-refractivity contribution >= 4 is 0 Å². The van der Waals surface area contributed by atoms with Gasteiger partial charge in [-0.1, -0.05) is 13.8 Å². The highest BCUT2D eigenvalue weighted by atomic mass is 16.5. The number of aliphatic hydroxyl groups excluding tert-OH is 1. The molecule has 0 aromatic heterocycles. The Morgan fingerprint density at radius 1 is 0.793 bits per heavy atom. The zero-order valence-corrected chi connectivity index (χ0v) is 17.6. The van der Waals surface area contributed by atoms with Gasteiger partial charge in [-0.3, -0.25) is 0 Å². The van der Waals surface area contributed by atoms with Crippen LogP contribution in [0.25, 0.3) is 11.1 Å². The summed E-state index contributed by atoms with van der Waals surface area (Å²) in [5.41, 5.74) is 1.90. The van der Waals surface area contributed by atoms with E-state index in [0.29, 0.717) is 34.6 Å². The molecule has 0 heterocycles. The molecular weight excluding hydrogens is 376 g/mol. The molecule has 3 unspecified atom stereocenters. The number of phenolic OH excluding ortho intramolecular Hbond substituents is 2. The summed E-state index contributed by atoms with van der Waals surface area (Å²) in [5, 5.41) is 33.3. The number of fused-ring (bicyclic) bond motifs is 3. The van der Waals surface area contributed by atoms with E-state index in [0.717, 1.165) is 5.56 Å². The molecule has 0 bridgehead atoms. The van der Waals surface area contributed by atoms with Crippen molar-refractivity contribution in [2.24, 2.45) is 11.8 Å². The third kappa shape index (κ3) is 3.19. The monoisotopic (exact) mass is 404 g/mol. The topological polar surface area (TPSA) is 97.6 Å². The minimum atomic E-state index is -0.883. The van der Waals surface area contributed by atoms with Crippen molar-refractivity contribution in [3.63, 3.8) is 0 Å². The van der Waals surface area contributed by atoms with Gasteiger partial charge in [0, 0.05) is 11.1 Å². The molecule has 3 N–H and O–H groups in total. The molecule has 0 amide bonds. The number of aliphatic hydroxyl groups is 1. The van der Waals surface area contributed by atoms with Crippen molar-refractivity contribution < 1.29 is 34.3 Å². The van der Waals surface area contributed by atoms with E-state index in [1.54, 1.807) is 12.1 Å². The molecule has 29 heavy (non-hydrogen) atoms. The van der Waals surface area contributed by atoms with E-state index in [9.17, 15) is 15.3 Å². The van der Waals surface area contributed by atoms with Crippen molar-refractivity contribution in [2.45, 2.75) is 26.4 Å². The Morgan fingerprint density at radius 2 is 1.31 bits per heavy atom. The minimum Gasteiger partial charge on any atom is -0.504 e. The Balaban J connectivity index is 2.49. The first-order valence-electron chi connectivity index (χ1n) is 9.43. The van der Waals surface area contributed by atoms with Gasteiger partial charge in [-0.15, -0.1) is 0 Å². The van der Waals surface area contributed by atoms with E-state index in [-0.39, 0.29) is 34.8 Å². The molecule has 7 nitrogen and oxygen atoms in total. The number of benzene rings is 2. The van der Waals surface area contributed by atoms with Gasteiger partial charge < -0.3 is 34.3 Å². The maximum atomic E-state index is 11.1. The third-order valence-electron chi connectivity index (χ3n) is 5.91. The highest BCUT2D eigenvalue weighted by molar-refractivity contribution is 5.88. The van der Waals surface area contributed by atoms with Crippen molar-refractivity contribution in [1.29, 1.82) is 0 Å². The number of rotatable bonds is 4. The molecule has 3 rings (SSSR count). The summed E-state index contributed by atoms with van der Waals surface area (Å²) < 4.78 is 21.5. The van der Waals surface area contributed by atoms with E-state index in [2.05, 4.69) is 0 Å². The molecular formula is C22H28O7. The second-order valence-electron chi connectivity index (χ2n) is 7.41. The van der Waals surface area contributed by atoms with Gasteiger partial charge in [-0.25, -0.2) is 0 Å². The predicted octanol–water partition coefficient (Wildman–Crippen LogP) is 3.66. The molecule has 0 saturated heterocycles. The van der Waals surface area contributed by atoms with Crippen LogP contribution in [0.5, 0.6) is 34.5 Å². The molecule has 2 aromatic carbocycles. The van der Waals surface area contributed by atoms with Crippen LogP contribution in [0.15, 0.2) is 12.1 Å².